The van der Waals surface area contributed by atoms with E-state index in [4.69, 9.17) is 0 Å². The van der Waals surface area contributed by atoms with E-state index >= 15 is 0 Å². The zero-order valence-electron chi connectivity index (χ0n) is 17.2. The highest BCUT2D eigenvalue weighted by molar-refractivity contribution is 7.89. The van der Waals surface area contributed by atoms with Crippen molar-refractivity contribution in [1.82, 2.24) is 9.21 Å². The zero-order chi connectivity index (χ0) is 20.8. The van der Waals surface area contributed by atoms with E-state index in [9.17, 15) is 18.0 Å². The molecule has 2 saturated heterocycles. The van der Waals surface area contributed by atoms with E-state index in [0.29, 0.717) is 37.7 Å². The van der Waals surface area contributed by atoms with Gasteiger partial charge in [0.1, 0.15) is 0 Å². The highest BCUT2D eigenvalue weighted by atomic mass is 32.2. The number of fused-ring (bicyclic) bond motifs is 1. The second-order valence-corrected chi connectivity index (χ2v) is 10.6. The van der Waals surface area contributed by atoms with Crippen molar-refractivity contribution in [3.63, 3.8) is 0 Å². The van der Waals surface area contributed by atoms with Crippen LogP contribution in [0.2, 0.25) is 0 Å². The fourth-order valence-corrected chi connectivity index (χ4v) is 6.69. The van der Waals surface area contributed by atoms with Crippen LogP contribution in [0.3, 0.4) is 0 Å². The van der Waals surface area contributed by atoms with E-state index in [1.54, 1.807) is 6.07 Å². The van der Waals surface area contributed by atoms with Crippen molar-refractivity contribution >= 4 is 21.8 Å². The first-order valence-electron chi connectivity index (χ1n) is 10.6. The molecule has 29 heavy (non-hydrogen) atoms. The van der Waals surface area contributed by atoms with Gasteiger partial charge in [-0.1, -0.05) is 25.0 Å². The van der Waals surface area contributed by atoms with Gasteiger partial charge in [-0.2, -0.15) is 4.31 Å². The van der Waals surface area contributed by atoms with Crippen LogP contribution in [-0.2, 0) is 19.6 Å². The van der Waals surface area contributed by atoms with Crippen LogP contribution in [0.15, 0.2) is 23.1 Å². The third kappa shape index (κ3) is 3.73. The summed E-state index contributed by atoms with van der Waals surface area (Å²) in [7, 11) is -3.53. The number of carbonyl (C=O) groups is 2. The Morgan fingerprint density at radius 3 is 2.17 bits per heavy atom. The molecule has 2 heterocycles. The summed E-state index contributed by atoms with van der Waals surface area (Å²) in [5.41, 5.74) is 1.67. The number of quaternary nitrogens is 1. The van der Waals surface area contributed by atoms with Gasteiger partial charge in [-0.15, -0.1) is 0 Å². The molecule has 0 bridgehead atoms. The number of sulfonamides is 1. The van der Waals surface area contributed by atoms with Crippen molar-refractivity contribution in [2.24, 2.45) is 11.8 Å². The van der Waals surface area contributed by atoms with Crippen LogP contribution in [-0.4, -0.2) is 62.3 Å². The second-order valence-electron chi connectivity index (χ2n) is 8.68. The lowest BCUT2D eigenvalue weighted by molar-refractivity contribution is -0.910. The minimum Gasteiger partial charge on any atom is -0.315 e. The topological polar surface area (TPSA) is 79.2 Å². The molecule has 1 aromatic carbocycles. The maximum Gasteiger partial charge on any atom is 0.243 e. The molecular formula is C21H30N3O4S+. The highest BCUT2D eigenvalue weighted by Crippen LogP contribution is 2.37. The minimum absolute atomic E-state index is 0.0161. The third-order valence-electron chi connectivity index (χ3n) is 6.71. The van der Waals surface area contributed by atoms with E-state index in [0.717, 1.165) is 41.7 Å². The molecule has 4 rings (SSSR count). The quantitative estimate of drug-likeness (QED) is 0.712. The van der Waals surface area contributed by atoms with Gasteiger partial charge >= 0.3 is 0 Å². The molecule has 158 valence electrons. The fraction of sp³-hybridized carbons (Fsp3) is 0.619. The van der Waals surface area contributed by atoms with Gasteiger partial charge in [-0.25, -0.2) is 13.3 Å². The predicted octanol–water partition coefficient (Wildman–Crippen LogP) is 0.325. The van der Waals surface area contributed by atoms with E-state index in [1.165, 1.54) is 9.21 Å². The predicted molar refractivity (Wildman–Crippen MR) is 108 cm³/mol. The Hall–Kier alpha value is -1.77. The van der Waals surface area contributed by atoms with Crippen molar-refractivity contribution in [3.05, 3.63) is 29.3 Å². The number of hydrogen-bond donors (Lipinski definition) is 1. The number of piperazine rings is 1. The van der Waals surface area contributed by atoms with Crippen LogP contribution in [0.5, 0.6) is 0 Å². The highest BCUT2D eigenvalue weighted by Gasteiger charge is 2.49. The Bertz CT molecular complexity index is 898. The van der Waals surface area contributed by atoms with Gasteiger partial charge < -0.3 is 4.90 Å². The largest absolute Gasteiger partial charge is 0.315 e. The second kappa shape index (κ2) is 7.81. The molecule has 0 radical (unpaired) electrons. The molecule has 2 aliphatic heterocycles. The maximum atomic E-state index is 13.1. The maximum absolute atomic E-state index is 13.1. The summed E-state index contributed by atoms with van der Waals surface area (Å²) in [4.78, 5) is 28.3. The molecule has 1 N–H and O–H groups in total. The van der Waals surface area contributed by atoms with Crippen LogP contribution in [0.1, 0.15) is 36.8 Å². The lowest BCUT2D eigenvalue weighted by atomic mass is 9.81. The van der Waals surface area contributed by atoms with Crippen molar-refractivity contribution in [1.29, 1.82) is 0 Å². The summed E-state index contributed by atoms with van der Waals surface area (Å²) < 4.78 is 27.7. The molecule has 8 heteroatoms. The molecular weight excluding hydrogens is 390 g/mol. The first-order chi connectivity index (χ1) is 13.8. The van der Waals surface area contributed by atoms with Gasteiger partial charge in [0.15, 0.2) is 6.67 Å². The third-order valence-corrected chi connectivity index (χ3v) is 8.75. The Balaban J connectivity index is 1.40. The summed E-state index contributed by atoms with van der Waals surface area (Å²) in [6, 6.07) is 5.49. The van der Waals surface area contributed by atoms with Crippen LogP contribution in [0.4, 0.5) is 0 Å². The standard InChI is InChI=1S/C21H29N3O4S/c1-15-7-8-16(2)19(13-15)29(27,28)23-11-9-22(10-12-23)14-24-20(25)17-5-3-4-6-18(17)21(24)26/h7-8,13,17-18H,3-6,9-12,14H2,1-2H3/p+1/t17-,18-/m1/s1. The van der Waals surface area contributed by atoms with Gasteiger partial charge in [0.2, 0.25) is 21.8 Å². The van der Waals surface area contributed by atoms with Gasteiger partial charge in [0.25, 0.3) is 0 Å². The molecule has 1 aromatic rings. The molecule has 2 amide bonds. The number of amides is 2. The van der Waals surface area contributed by atoms with E-state index in [-0.39, 0.29) is 23.7 Å². The summed E-state index contributed by atoms with van der Waals surface area (Å²) in [5.74, 6) is -0.279. The average molecular weight is 421 g/mol. The number of likely N-dealkylation sites (tertiary alicyclic amines) is 1. The Labute approximate surface area is 172 Å². The summed E-state index contributed by atoms with van der Waals surface area (Å²) >= 11 is 0. The summed E-state index contributed by atoms with van der Waals surface area (Å²) in [6.07, 6.45) is 3.69. The molecule has 1 saturated carbocycles. The normalized spacial score (nSPS) is 26.8. The molecule has 1 aliphatic carbocycles. The average Bonchev–Trinajstić information content (AvgIpc) is 2.95. The Morgan fingerprint density at radius 2 is 1.59 bits per heavy atom. The van der Waals surface area contributed by atoms with E-state index in [2.05, 4.69) is 0 Å². The van der Waals surface area contributed by atoms with E-state index in [1.807, 2.05) is 26.0 Å². The van der Waals surface area contributed by atoms with Gasteiger partial charge in [-0.05, 0) is 43.9 Å². The first kappa shape index (κ1) is 20.5. The lowest BCUT2D eigenvalue weighted by Gasteiger charge is -2.33. The number of nitrogens with one attached hydrogen (secondary N) is 1. The minimum atomic E-state index is -3.53. The Kier molecular flexibility index (Phi) is 5.52. The number of aryl methyl sites for hydroxylation is 2. The molecule has 0 spiro atoms. The van der Waals surface area contributed by atoms with Gasteiger partial charge in [0.05, 0.1) is 42.9 Å². The fourth-order valence-electron chi connectivity index (χ4n) is 4.94. The molecule has 3 fully saturated rings. The van der Waals surface area contributed by atoms with Crippen molar-refractivity contribution in [2.45, 2.75) is 44.4 Å². The first-order valence-corrected chi connectivity index (χ1v) is 12.0. The molecule has 2 atom stereocenters. The van der Waals surface area contributed by atoms with Gasteiger partial charge in [0, 0.05) is 0 Å². The SMILES string of the molecule is Cc1ccc(C)c(S(=O)(=O)N2CC[NH+](CN3C(=O)[C@@H]4CCCC[C@H]4C3=O)CC2)c1. The van der Waals surface area contributed by atoms with Crippen molar-refractivity contribution in [2.75, 3.05) is 32.8 Å². The number of imide groups is 1. The smallest absolute Gasteiger partial charge is 0.243 e. The number of carbonyl (C=O) groups excluding carboxylic acids is 2. The number of rotatable bonds is 4. The molecule has 0 aromatic heterocycles. The Morgan fingerprint density at radius 1 is 1.00 bits per heavy atom. The zero-order valence-corrected chi connectivity index (χ0v) is 18.0. The molecule has 0 unspecified atom stereocenters. The van der Waals surface area contributed by atoms with E-state index < -0.39 is 10.0 Å². The lowest BCUT2D eigenvalue weighted by Crippen LogP contribution is -3.16. The van der Waals surface area contributed by atoms with Crippen molar-refractivity contribution < 1.29 is 22.9 Å². The monoisotopic (exact) mass is 420 g/mol. The van der Waals surface area contributed by atoms with Crippen LogP contribution in [0, 0.1) is 25.7 Å². The number of benzene rings is 1. The van der Waals surface area contributed by atoms with Gasteiger partial charge in [-0.3, -0.25) is 9.59 Å². The summed E-state index contributed by atoms with van der Waals surface area (Å²) in [5, 5.41) is 0. The molecule has 7 nitrogen and oxygen atoms in total. The van der Waals surface area contributed by atoms with Crippen LogP contribution < -0.4 is 4.90 Å². The molecule has 3 aliphatic rings. The van der Waals surface area contributed by atoms with Crippen LogP contribution in [0.25, 0.3) is 0 Å². The van der Waals surface area contributed by atoms with Crippen LogP contribution >= 0.6 is 0 Å². The summed E-state index contributed by atoms with van der Waals surface area (Å²) in [6.45, 7) is 6.05. The number of hydrogen-bond acceptors (Lipinski definition) is 4. The van der Waals surface area contributed by atoms with Crippen molar-refractivity contribution in [3.8, 4) is 0 Å². The number of nitrogens with zero attached hydrogens (tertiary/aromatic N) is 2.